The quantitative estimate of drug-likeness (QED) is 0.558. The van der Waals surface area contributed by atoms with Crippen LogP contribution in [0.3, 0.4) is 0 Å². The molecule has 0 radical (unpaired) electrons. The van der Waals surface area contributed by atoms with Crippen LogP contribution in [-0.4, -0.2) is 5.78 Å². The molecule has 2 unspecified atom stereocenters. The topological polar surface area (TPSA) is 43.1 Å². The number of allylic oxidation sites excluding steroid dienone is 2. The molecule has 1 aromatic carbocycles. The lowest BCUT2D eigenvalue weighted by Gasteiger charge is -2.39. The Bertz CT molecular complexity index is 587. The Morgan fingerprint density at radius 1 is 1.22 bits per heavy atom. The van der Waals surface area contributed by atoms with E-state index in [0.29, 0.717) is 18.1 Å². The summed E-state index contributed by atoms with van der Waals surface area (Å²) in [5, 5.41) is 0. The van der Waals surface area contributed by atoms with E-state index in [-0.39, 0.29) is 5.41 Å². The third kappa shape index (κ3) is 1.21. The van der Waals surface area contributed by atoms with Gasteiger partial charge in [0.2, 0.25) is 0 Å². The van der Waals surface area contributed by atoms with E-state index in [1.807, 2.05) is 12.1 Å². The van der Waals surface area contributed by atoms with E-state index >= 15 is 0 Å². The summed E-state index contributed by atoms with van der Waals surface area (Å²) < 4.78 is 0. The summed E-state index contributed by atoms with van der Waals surface area (Å²) in [7, 11) is 0. The average molecular weight is 239 g/mol. The van der Waals surface area contributed by atoms with E-state index in [1.54, 1.807) is 0 Å². The lowest BCUT2D eigenvalue weighted by Crippen LogP contribution is -2.42. The molecular formula is C16H17NO. The van der Waals surface area contributed by atoms with Crippen LogP contribution in [0.4, 0.5) is 5.69 Å². The van der Waals surface area contributed by atoms with E-state index in [2.05, 4.69) is 12.1 Å². The van der Waals surface area contributed by atoms with Gasteiger partial charge in [-0.2, -0.15) is 0 Å². The fraction of sp³-hybridized carbons (Fsp3) is 0.438. The molecule has 1 spiro atoms. The van der Waals surface area contributed by atoms with Gasteiger partial charge in [0.15, 0.2) is 0 Å². The molecule has 0 aliphatic heterocycles. The van der Waals surface area contributed by atoms with Gasteiger partial charge in [0.25, 0.3) is 0 Å². The van der Waals surface area contributed by atoms with Gasteiger partial charge in [0, 0.05) is 17.5 Å². The normalized spacial score (nSPS) is 32.8. The van der Waals surface area contributed by atoms with Crippen molar-refractivity contribution in [3.05, 3.63) is 41.0 Å². The summed E-state index contributed by atoms with van der Waals surface area (Å²) in [5.74, 6) is 1.03. The molecule has 2 nitrogen and oxygen atoms in total. The van der Waals surface area contributed by atoms with E-state index in [4.69, 9.17) is 5.73 Å². The van der Waals surface area contributed by atoms with Crippen LogP contribution >= 0.6 is 0 Å². The average Bonchev–Trinajstić information content (AvgIpc) is 2.92. The van der Waals surface area contributed by atoms with Crippen LogP contribution in [0.15, 0.2) is 29.8 Å². The van der Waals surface area contributed by atoms with Gasteiger partial charge >= 0.3 is 0 Å². The number of rotatable bonds is 0. The number of carbonyl (C=O) groups is 1. The van der Waals surface area contributed by atoms with Crippen molar-refractivity contribution in [1.29, 1.82) is 0 Å². The molecule has 1 fully saturated rings. The van der Waals surface area contributed by atoms with Crippen LogP contribution in [0.5, 0.6) is 0 Å². The Labute approximate surface area is 107 Å². The number of benzene rings is 1. The van der Waals surface area contributed by atoms with Crippen molar-refractivity contribution in [1.82, 2.24) is 0 Å². The molecule has 0 amide bonds. The Kier molecular flexibility index (Phi) is 1.87. The van der Waals surface area contributed by atoms with Crippen LogP contribution < -0.4 is 5.73 Å². The maximum absolute atomic E-state index is 12.6. The molecule has 2 bridgehead atoms. The summed E-state index contributed by atoms with van der Waals surface area (Å²) >= 11 is 0. The van der Waals surface area contributed by atoms with Gasteiger partial charge in [-0.3, -0.25) is 4.79 Å². The molecule has 3 aliphatic rings. The highest BCUT2D eigenvalue weighted by atomic mass is 16.1. The SMILES string of the molecule is Nc1ccc2c(c1)CC(=O)C1(CC3=CCC1C3)C2. The molecule has 1 saturated carbocycles. The second-order valence-corrected chi connectivity index (χ2v) is 6.14. The highest BCUT2D eigenvalue weighted by Crippen LogP contribution is 2.56. The fourth-order valence-electron chi connectivity index (χ4n) is 4.21. The fourth-order valence-corrected chi connectivity index (χ4v) is 4.21. The first-order valence-electron chi connectivity index (χ1n) is 6.76. The Balaban J connectivity index is 1.79. The van der Waals surface area contributed by atoms with Crippen molar-refractivity contribution in [2.75, 3.05) is 5.73 Å². The molecule has 2 heteroatoms. The molecule has 0 saturated heterocycles. The highest BCUT2D eigenvalue weighted by Gasteiger charge is 2.53. The number of nitrogen functional groups attached to an aromatic ring is 1. The molecule has 1 aromatic rings. The van der Waals surface area contributed by atoms with Crippen LogP contribution in [-0.2, 0) is 17.6 Å². The summed E-state index contributed by atoms with van der Waals surface area (Å²) in [5.41, 5.74) is 10.5. The molecule has 0 aromatic heterocycles. The molecule has 92 valence electrons. The molecule has 3 aliphatic carbocycles. The Hall–Kier alpha value is -1.57. The van der Waals surface area contributed by atoms with Gasteiger partial charge in [-0.25, -0.2) is 0 Å². The number of ketones is 1. The summed E-state index contributed by atoms with van der Waals surface area (Å²) in [6.45, 7) is 0. The van der Waals surface area contributed by atoms with Crippen LogP contribution in [0, 0.1) is 11.3 Å². The third-order valence-electron chi connectivity index (χ3n) is 5.17. The van der Waals surface area contributed by atoms with Crippen LogP contribution in [0.2, 0.25) is 0 Å². The zero-order chi connectivity index (χ0) is 12.3. The molecule has 18 heavy (non-hydrogen) atoms. The van der Waals surface area contributed by atoms with Crippen molar-refractivity contribution >= 4 is 11.5 Å². The number of anilines is 1. The monoisotopic (exact) mass is 239 g/mol. The summed E-state index contributed by atoms with van der Waals surface area (Å²) in [4.78, 5) is 12.6. The van der Waals surface area contributed by atoms with Gasteiger partial charge in [0.1, 0.15) is 5.78 Å². The minimum Gasteiger partial charge on any atom is -0.399 e. The maximum Gasteiger partial charge on any atom is 0.144 e. The molecule has 0 heterocycles. The zero-order valence-electron chi connectivity index (χ0n) is 10.4. The first-order valence-corrected chi connectivity index (χ1v) is 6.76. The van der Waals surface area contributed by atoms with Gasteiger partial charge < -0.3 is 5.73 Å². The Morgan fingerprint density at radius 2 is 2.11 bits per heavy atom. The Morgan fingerprint density at radius 3 is 2.83 bits per heavy atom. The van der Waals surface area contributed by atoms with Crippen molar-refractivity contribution in [3.8, 4) is 0 Å². The molecule has 4 rings (SSSR count). The summed E-state index contributed by atoms with van der Waals surface area (Å²) in [6, 6.07) is 6.07. The van der Waals surface area contributed by atoms with E-state index in [0.717, 1.165) is 36.9 Å². The number of nitrogens with two attached hydrogens (primary N) is 1. The van der Waals surface area contributed by atoms with Crippen LogP contribution in [0.1, 0.15) is 30.4 Å². The zero-order valence-corrected chi connectivity index (χ0v) is 10.4. The number of hydrogen-bond donors (Lipinski definition) is 1. The van der Waals surface area contributed by atoms with Gasteiger partial charge in [-0.05, 0) is 54.9 Å². The number of hydrogen-bond acceptors (Lipinski definition) is 2. The molecule has 2 atom stereocenters. The van der Waals surface area contributed by atoms with E-state index < -0.39 is 0 Å². The third-order valence-corrected chi connectivity index (χ3v) is 5.17. The van der Waals surface area contributed by atoms with Gasteiger partial charge in [0.05, 0.1) is 0 Å². The lowest BCUT2D eigenvalue weighted by molar-refractivity contribution is -0.131. The molecular weight excluding hydrogens is 222 g/mol. The largest absolute Gasteiger partial charge is 0.399 e. The smallest absolute Gasteiger partial charge is 0.144 e. The lowest BCUT2D eigenvalue weighted by atomic mass is 9.63. The van der Waals surface area contributed by atoms with Gasteiger partial charge in [-0.15, -0.1) is 0 Å². The highest BCUT2D eigenvalue weighted by molar-refractivity contribution is 5.91. The first kappa shape index (κ1) is 10.4. The second-order valence-electron chi connectivity index (χ2n) is 6.14. The van der Waals surface area contributed by atoms with Crippen molar-refractivity contribution in [2.24, 2.45) is 11.3 Å². The second kappa shape index (κ2) is 3.25. The van der Waals surface area contributed by atoms with Crippen LogP contribution in [0.25, 0.3) is 0 Å². The van der Waals surface area contributed by atoms with Crippen molar-refractivity contribution in [2.45, 2.75) is 32.1 Å². The predicted molar refractivity (Wildman–Crippen MR) is 71.1 cm³/mol. The minimum absolute atomic E-state index is 0.0623. The van der Waals surface area contributed by atoms with E-state index in [1.165, 1.54) is 11.1 Å². The minimum atomic E-state index is -0.0623. The number of fused-ring (bicyclic) bond motifs is 4. The van der Waals surface area contributed by atoms with Gasteiger partial charge in [-0.1, -0.05) is 17.7 Å². The predicted octanol–water partition coefficient (Wildman–Crippen LogP) is 2.66. The standard InChI is InChI=1S/C16H17NO/c17-14-4-2-11-9-16(15(18)7-12(11)6-14)8-10-1-3-13(16)5-10/h1-2,4,6,13H,3,5,7-9,17H2. The maximum atomic E-state index is 12.6. The van der Waals surface area contributed by atoms with Crippen molar-refractivity contribution < 1.29 is 4.79 Å². The van der Waals surface area contributed by atoms with E-state index in [9.17, 15) is 4.79 Å². The summed E-state index contributed by atoms with van der Waals surface area (Å²) in [6.07, 6.45) is 7.16. The first-order chi connectivity index (χ1) is 8.67. The number of carbonyl (C=O) groups excluding carboxylic acids is 1. The molecule has 2 N–H and O–H groups in total. The van der Waals surface area contributed by atoms with Crippen molar-refractivity contribution in [3.63, 3.8) is 0 Å². The number of Topliss-reactive ketones (excluding diaryl/α,β-unsaturated/α-hetero) is 1.